The summed E-state index contributed by atoms with van der Waals surface area (Å²) in [6.07, 6.45) is 2.48. The van der Waals surface area contributed by atoms with Crippen LogP contribution in [0.3, 0.4) is 0 Å². The molecule has 1 aliphatic heterocycles. The lowest BCUT2D eigenvalue weighted by molar-refractivity contribution is -0.132. The SMILES string of the molecule is CSc1ccccc1C1c2ccccc2CCN1C(=O)CNCC(C)O. The molecule has 2 unspecified atom stereocenters. The van der Waals surface area contributed by atoms with Gasteiger partial charge in [0.2, 0.25) is 5.91 Å². The summed E-state index contributed by atoms with van der Waals surface area (Å²) < 4.78 is 0. The van der Waals surface area contributed by atoms with E-state index in [1.807, 2.05) is 23.1 Å². The first-order chi connectivity index (χ1) is 12.6. The van der Waals surface area contributed by atoms with Gasteiger partial charge in [0, 0.05) is 18.0 Å². The Labute approximate surface area is 159 Å². The molecule has 0 aliphatic carbocycles. The number of hydrogen-bond acceptors (Lipinski definition) is 4. The van der Waals surface area contributed by atoms with Crippen LogP contribution in [-0.2, 0) is 11.2 Å². The summed E-state index contributed by atoms with van der Waals surface area (Å²) in [4.78, 5) is 16.1. The van der Waals surface area contributed by atoms with Gasteiger partial charge in [-0.15, -0.1) is 11.8 Å². The molecule has 1 heterocycles. The van der Waals surface area contributed by atoms with Gasteiger partial charge in [-0.1, -0.05) is 42.5 Å². The van der Waals surface area contributed by atoms with E-state index in [1.165, 1.54) is 21.6 Å². The third kappa shape index (κ3) is 4.11. The minimum Gasteiger partial charge on any atom is -0.392 e. The summed E-state index contributed by atoms with van der Waals surface area (Å²) >= 11 is 1.71. The minimum absolute atomic E-state index is 0.0653. The van der Waals surface area contributed by atoms with Crippen molar-refractivity contribution < 1.29 is 9.90 Å². The minimum atomic E-state index is -0.460. The zero-order valence-electron chi connectivity index (χ0n) is 15.3. The molecule has 0 saturated carbocycles. The number of carbonyl (C=O) groups excluding carboxylic acids is 1. The average molecular weight is 371 g/mol. The molecule has 138 valence electrons. The highest BCUT2D eigenvalue weighted by molar-refractivity contribution is 7.98. The van der Waals surface area contributed by atoms with E-state index in [1.54, 1.807) is 18.7 Å². The van der Waals surface area contributed by atoms with Crippen LogP contribution in [0, 0.1) is 0 Å². The van der Waals surface area contributed by atoms with Crippen LogP contribution in [0.2, 0.25) is 0 Å². The number of thioether (sulfide) groups is 1. The fourth-order valence-corrected chi connectivity index (χ4v) is 4.18. The second-order valence-electron chi connectivity index (χ2n) is 6.66. The van der Waals surface area contributed by atoms with Crippen molar-refractivity contribution >= 4 is 17.7 Å². The number of carbonyl (C=O) groups is 1. The molecule has 2 aromatic rings. The highest BCUT2D eigenvalue weighted by Gasteiger charge is 2.32. The van der Waals surface area contributed by atoms with Gasteiger partial charge in [0.05, 0.1) is 18.7 Å². The third-order valence-electron chi connectivity index (χ3n) is 4.75. The second-order valence-corrected chi connectivity index (χ2v) is 7.51. The summed E-state index contributed by atoms with van der Waals surface area (Å²) in [6.45, 7) is 3.08. The lowest BCUT2D eigenvalue weighted by Crippen LogP contribution is -2.45. The van der Waals surface area contributed by atoms with E-state index >= 15 is 0 Å². The van der Waals surface area contributed by atoms with Gasteiger partial charge in [0.1, 0.15) is 0 Å². The lowest BCUT2D eigenvalue weighted by atomic mass is 9.88. The van der Waals surface area contributed by atoms with Gasteiger partial charge >= 0.3 is 0 Å². The Morgan fingerprint density at radius 1 is 1.23 bits per heavy atom. The predicted molar refractivity (Wildman–Crippen MR) is 106 cm³/mol. The zero-order valence-corrected chi connectivity index (χ0v) is 16.1. The summed E-state index contributed by atoms with van der Waals surface area (Å²) in [7, 11) is 0. The summed E-state index contributed by atoms with van der Waals surface area (Å²) in [5, 5.41) is 12.5. The Hall–Kier alpha value is -1.82. The zero-order chi connectivity index (χ0) is 18.5. The van der Waals surface area contributed by atoms with Gasteiger partial charge in [-0.3, -0.25) is 4.79 Å². The molecule has 1 amide bonds. The van der Waals surface area contributed by atoms with E-state index in [-0.39, 0.29) is 18.5 Å². The maximum absolute atomic E-state index is 12.9. The topological polar surface area (TPSA) is 52.6 Å². The van der Waals surface area contributed by atoms with Crippen LogP contribution in [-0.4, -0.2) is 47.9 Å². The van der Waals surface area contributed by atoms with Crippen molar-refractivity contribution in [2.45, 2.75) is 30.4 Å². The first-order valence-electron chi connectivity index (χ1n) is 9.00. The molecule has 0 saturated heterocycles. The summed E-state index contributed by atoms with van der Waals surface area (Å²) in [5.41, 5.74) is 3.70. The fourth-order valence-electron chi connectivity index (χ4n) is 3.55. The number of aliphatic hydroxyl groups is 1. The van der Waals surface area contributed by atoms with E-state index in [0.29, 0.717) is 13.1 Å². The van der Waals surface area contributed by atoms with Crippen molar-refractivity contribution in [3.05, 3.63) is 65.2 Å². The fraction of sp³-hybridized carbons (Fsp3) is 0.381. The molecule has 2 atom stereocenters. The number of benzene rings is 2. The largest absolute Gasteiger partial charge is 0.392 e. The molecule has 0 spiro atoms. The highest BCUT2D eigenvalue weighted by Crippen LogP contribution is 2.38. The van der Waals surface area contributed by atoms with E-state index in [4.69, 9.17) is 0 Å². The predicted octanol–water partition coefficient (Wildman–Crippen LogP) is 2.85. The number of fused-ring (bicyclic) bond motifs is 1. The molecule has 0 aromatic heterocycles. The van der Waals surface area contributed by atoms with Crippen LogP contribution in [0.4, 0.5) is 0 Å². The summed E-state index contributed by atoms with van der Waals surface area (Å²) in [5.74, 6) is 0.0704. The van der Waals surface area contributed by atoms with Gasteiger partial charge in [0.25, 0.3) is 0 Å². The monoisotopic (exact) mass is 370 g/mol. The molecule has 26 heavy (non-hydrogen) atoms. The van der Waals surface area contributed by atoms with Crippen LogP contribution in [0.1, 0.15) is 29.7 Å². The Balaban J connectivity index is 1.95. The van der Waals surface area contributed by atoms with Crippen molar-refractivity contribution in [3.8, 4) is 0 Å². The molecular weight excluding hydrogens is 344 g/mol. The number of nitrogens with one attached hydrogen (secondary N) is 1. The van der Waals surface area contributed by atoms with Gasteiger partial charge in [-0.05, 0) is 42.4 Å². The Morgan fingerprint density at radius 2 is 1.92 bits per heavy atom. The van der Waals surface area contributed by atoms with Gasteiger partial charge in [0.15, 0.2) is 0 Å². The van der Waals surface area contributed by atoms with Crippen LogP contribution in [0.15, 0.2) is 53.4 Å². The van der Waals surface area contributed by atoms with Crippen molar-refractivity contribution in [3.63, 3.8) is 0 Å². The number of rotatable bonds is 6. The standard InChI is InChI=1S/C21H26N2O2S/c1-15(24)13-22-14-20(25)23-12-11-16-7-3-4-8-17(16)21(23)18-9-5-6-10-19(18)26-2/h3-10,15,21-22,24H,11-14H2,1-2H3. The van der Waals surface area contributed by atoms with Crippen molar-refractivity contribution in [2.75, 3.05) is 25.9 Å². The molecular formula is C21H26N2O2S. The molecule has 4 nitrogen and oxygen atoms in total. The lowest BCUT2D eigenvalue weighted by Gasteiger charge is -2.38. The first kappa shape index (κ1) is 19.0. The van der Waals surface area contributed by atoms with Crippen molar-refractivity contribution in [1.29, 1.82) is 0 Å². The quantitative estimate of drug-likeness (QED) is 0.768. The number of nitrogens with zero attached hydrogens (tertiary/aromatic N) is 1. The Kier molecular flexibility index (Phi) is 6.35. The van der Waals surface area contributed by atoms with Crippen LogP contribution >= 0.6 is 11.8 Å². The van der Waals surface area contributed by atoms with E-state index in [2.05, 4.69) is 41.9 Å². The normalized spacial score (nSPS) is 17.7. The van der Waals surface area contributed by atoms with E-state index in [0.717, 1.165) is 6.42 Å². The van der Waals surface area contributed by atoms with Crippen molar-refractivity contribution in [2.24, 2.45) is 0 Å². The molecule has 0 fully saturated rings. The third-order valence-corrected chi connectivity index (χ3v) is 5.56. The number of hydrogen-bond donors (Lipinski definition) is 2. The molecule has 2 N–H and O–H groups in total. The Morgan fingerprint density at radius 3 is 2.65 bits per heavy atom. The highest BCUT2D eigenvalue weighted by atomic mass is 32.2. The molecule has 3 rings (SSSR count). The van der Waals surface area contributed by atoms with E-state index in [9.17, 15) is 9.90 Å². The van der Waals surface area contributed by atoms with Gasteiger partial charge < -0.3 is 15.3 Å². The molecule has 5 heteroatoms. The first-order valence-corrected chi connectivity index (χ1v) is 10.2. The van der Waals surface area contributed by atoms with Crippen molar-refractivity contribution in [1.82, 2.24) is 10.2 Å². The average Bonchev–Trinajstić information content (AvgIpc) is 2.66. The molecule has 0 radical (unpaired) electrons. The van der Waals surface area contributed by atoms with Gasteiger partial charge in [-0.2, -0.15) is 0 Å². The number of aliphatic hydroxyl groups excluding tert-OH is 1. The van der Waals surface area contributed by atoms with Crippen LogP contribution in [0.5, 0.6) is 0 Å². The molecule has 2 aromatic carbocycles. The molecule has 0 bridgehead atoms. The second kappa shape index (κ2) is 8.71. The molecule has 1 aliphatic rings. The smallest absolute Gasteiger partial charge is 0.237 e. The maximum atomic E-state index is 12.9. The maximum Gasteiger partial charge on any atom is 0.237 e. The van der Waals surface area contributed by atoms with Crippen LogP contribution in [0.25, 0.3) is 0 Å². The van der Waals surface area contributed by atoms with Gasteiger partial charge in [-0.25, -0.2) is 0 Å². The Bertz CT molecular complexity index is 763. The number of amides is 1. The van der Waals surface area contributed by atoms with E-state index < -0.39 is 6.10 Å². The summed E-state index contributed by atoms with van der Waals surface area (Å²) in [6, 6.07) is 16.7. The van der Waals surface area contributed by atoms with Crippen LogP contribution < -0.4 is 5.32 Å².